The van der Waals surface area contributed by atoms with Gasteiger partial charge in [-0.15, -0.1) is 0 Å². The molecule has 194 valence electrons. The number of nitrogens with zero attached hydrogens (tertiary/aromatic N) is 4. The van der Waals surface area contributed by atoms with Crippen LogP contribution in [0.15, 0.2) is 6.33 Å². The summed E-state index contributed by atoms with van der Waals surface area (Å²) in [4.78, 5) is 36.1. The number of carbonyl (C=O) groups excluding carboxylic acids is 2. The zero-order chi connectivity index (χ0) is 25.8. The Bertz CT molecular complexity index is 1170. The van der Waals surface area contributed by atoms with E-state index in [0.29, 0.717) is 36.9 Å². The number of esters is 1. The molecule has 1 aliphatic carbocycles. The highest BCUT2D eigenvalue weighted by molar-refractivity contribution is 5.83. The lowest BCUT2D eigenvalue weighted by Gasteiger charge is -2.26. The summed E-state index contributed by atoms with van der Waals surface area (Å²) in [5.41, 5.74) is 6.67. The third kappa shape index (κ3) is 5.59. The number of nitrogens with one attached hydrogen (secondary N) is 1. The molecule has 0 aromatic carbocycles. The molecule has 4 unspecified atom stereocenters. The summed E-state index contributed by atoms with van der Waals surface area (Å²) in [6.45, 7) is 4.02. The fraction of sp³-hybridized carbons (Fsp3) is 0.625. The maximum atomic E-state index is 12.2. The van der Waals surface area contributed by atoms with Crippen molar-refractivity contribution in [2.75, 3.05) is 18.9 Å². The SMILES string of the molecule is CCNC(=O)C1OC(n2cnc3c(N)nc(C#CCC4CCC(COC(C)=O)CC4)nc32)C(O)C1O. The minimum Gasteiger partial charge on any atom is -0.466 e. The monoisotopic (exact) mass is 500 g/mol. The molecule has 3 heterocycles. The lowest BCUT2D eigenvalue weighted by Crippen LogP contribution is -2.42. The van der Waals surface area contributed by atoms with Crippen LogP contribution in [0, 0.1) is 23.7 Å². The molecule has 36 heavy (non-hydrogen) atoms. The van der Waals surface area contributed by atoms with Crippen LogP contribution in [0.25, 0.3) is 11.2 Å². The molecule has 1 amide bonds. The van der Waals surface area contributed by atoms with E-state index in [1.54, 1.807) is 6.92 Å². The minimum atomic E-state index is -1.42. The number of hydrogen-bond donors (Lipinski definition) is 4. The molecule has 2 aromatic heterocycles. The van der Waals surface area contributed by atoms with Crippen LogP contribution in [0.2, 0.25) is 0 Å². The quantitative estimate of drug-likeness (QED) is 0.318. The number of imidazole rings is 1. The second-order valence-corrected chi connectivity index (χ2v) is 9.27. The van der Waals surface area contributed by atoms with E-state index < -0.39 is 30.4 Å². The number of ether oxygens (including phenoxy) is 2. The summed E-state index contributed by atoms with van der Waals surface area (Å²) < 4.78 is 12.2. The number of nitrogens with two attached hydrogens (primary N) is 1. The Labute approximate surface area is 208 Å². The number of aliphatic hydroxyl groups is 2. The normalized spacial score (nSPS) is 27.9. The maximum Gasteiger partial charge on any atom is 0.302 e. The van der Waals surface area contributed by atoms with E-state index in [2.05, 4.69) is 32.1 Å². The number of amides is 1. The van der Waals surface area contributed by atoms with Crippen molar-refractivity contribution in [2.45, 2.75) is 70.5 Å². The van der Waals surface area contributed by atoms with Gasteiger partial charge in [-0.05, 0) is 50.4 Å². The van der Waals surface area contributed by atoms with E-state index >= 15 is 0 Å². The van der Waals surface area contributed by atoms with Crippen molar-refractivity contribution in [3.05, 3.63) is 12.2 Å². The van der Waals surface area contributed by atoms with Crippen LogP contribution in [-0.2, 0) is 19.1 Å². The van der Waals surface area contributed by atoms with Crippen molar-refractivity contribution in [3.63, 3.8) is 0 Å². The zero-order valence-electron chi connectivity index (χ0n) is 20.4. The number of likely N-dealkylation sites (N-methyl/N-ethyl adjacent to an activating group) is 1. The van der Waals surface area contributed by atoms with Gasteiger partial charge in [0.15, 0.2) is 23.8 Å². The predicted molar refractivity (Wildman–Crippen MR) is 128 cm³/mol. The Kier molecular flexibility index (Phi) is 8.03. The van der Waals surface area contributed by atoms with Crippen molar-refractivity contribution in [1.29, 1.82) is 0 Å². The number of carbonyl (C=O) groups is 2. The topological polar surface area (TPSA) is 175 Å². The number of rotatable bonds is 6. The van der Waals surface area contributed by atoms with Crippen molar-refractivity contribution < 1.29 is 29.3 Å². The van der Waals surface area contributed by atoms with Crippen LogP contribution >= 0.6 is 0 Å². The van der Waals surface area contributed by atoms with Crippen LogP contribution in [0.3, 0.4) is 0 Å². The van der Waals surface area contributed by atoms with Crippen LogP contribution in [0.4, 0.5) is 5.82 Å². The van der Waals surface area contributed by atoms with Gasteiger partial charge in [-0.1, -0.05) is 5.92 Å². The third-order valence-corrected chi connectivity index (χ3v) is 6.65. The highest BCUT2D eigenvalue weighted by Gasteiger charge is 2.47. The first kappa shape index (κ1) is 25.8. The molecule has 0 radical (unpaired) electrons. The van der Waals surface area contributed by atoms with Crippen LogP contribution in [0.5, 0.6) is 0 Å². The highest BCUT2D eigenvalue weighted by atomic mass is 16.6. The number of anilines is 1. The van der Waals surface area contributed by atoms with Crippen LogP contribution in [0.1, 0.15) is 58.0 Å². The standard InChI is InChI=1S/C24H32N6O6/c1-3-26-23(34)20-18(32)19(33)24(36-20)30-12-27-17-21(25)28-16(29-22(17)30)6-4-5-14-7-9-15(10-8-14)11-35-13(2)31/h12,14-15,18-20,24,32-33H,3,5,7-11H2,1-2H3,(H,26,34)(H2,25,28,29). The lowest BCUT2D eigenvalue weighted by atomic mass is 9.81. The molecule has 4 atom stereocenters. The van der Waals surface area contributed by atoms with Crippen molar-refractivity contribution in [1.82, 2.24) is 24.8 Å². The van der Waals surface area contributed by atoms with E-state index in [1.165, 1.54) is 17.8 Å². The molecule has 2 fully saturated rings. The predicted octanol–water partition coefficient (Wildman–Crippen LogP) is 0.275. The number of hydrogen-bond acceptors (Lipinski definition) is 10. The largest absolute Gasteiger partial charge is 0.466 e. The molecule has 1 aliphatic heterocycles. The molecule has 12 heteroatoms. The Morgan fingerprint density at radius 2 is 1.94 bits per heavy atom. The Hall–Kier alpha value is -3.27. The average Bonchev–Trinajstić information content (AvgIpc) is 3.40. The Balaban J connectivity index is 1.45. The van der Waals surface area contributed by atoms with Gasteiger partial charge in [-0.3, -0.25) is 14.2 Å². The van der Waals surface area contributed by atoms with Crippen molar-refractivity contribution >= 4 is 28.9 Å². The third-order valence-electron chi connectivity index (χ3n) is 6.65. The van der Waals surface area contributed by atoms with Crippen LogP contribution in [-0.4, -0.2) is 73.1 Å². The molecule has 2 aromatic rings. The smallest absolute Gasteiger partial charge is 0.302 e. The molecule has 0 spiro atoms. The van der Waals surface area contributed by atoms with Crippen molar-refractivity contribution in [3.8, 4) is 11.8 Å². The summed E-state index contributed by atoms with van der Waals surface area (Å²) in [5.74, 6) is 6.54. The van der Waals surface area contributed by atoms with Gasteiger partial charge in [0, 0.05) is 19.9 Å². The fourth-order valence-electron chi connectivity index (χ4n) is 4.67. The Morgan fingerprint density at radius 3 is 2.64 bits per heavy atom. The number of nitrogen functional groups attached to an aromatic ring is 1. The molecule has 1 saturated carbocycles. The van der Waals surface area contributed by atoms with Gasteiger partial charge >= 0.3 is 5.97 Å². The van der Waals surface area contributed by atoms with Gasteiger partial charge in [-0.2, -0.15) is 0 Å². The first-order valence-corrected chi connectivity index (χ1v) is 12.2. The average molecular weight is 501 g/mol. The molecular formula is C24H32N6O6. The molecular weight excluding hydrogens is 468 g/mol. The summed E-state index contributed by atoms with van der Waals surface area (Å²) >= 11 is 0. The van der Waals surface area contributed by atoms with Gasteiger partial charge in [0.05, 0.1) is 12.9 Å². The van der Waals surface area contributed by atoms with Gasteiger partial charge in [-0.25, -0.2) is 15.0 Å². The number of aromatic nitrogens is 4. The zero-order valence-corrected chi connectivity index (χ0v) is 20.4. The summed E-state index contributed by atoms with van der Waals surface area (Å²) in [6.07, 6.45) is 0.983. The van der Waals surface area contributed by atoms with Crippen molar-refractivity contribution in [2.24, 2.45) is 11.8 Å². The van der Waals surface area contributed by atoms with E-state index in [4.69, 9.17) is 15.2 Å². The first-order valence-electron chi connectivity index (χ1n) is 12.2. The van der Waals surface area contributed by atoms with E-state index in [-0.39, 0.29) is 23.3 Å². The number of fused-ring (bicyclic) bond motifs is 1. The maximum absolute atomic E-state index is 12.2. The number of aliphatic hydroxyl groups excluding tert-OH is 2. The van der Waals surface area contributed by atoms with E-state index in [9.17, 15) is 19.8 Å². The minimum absolute atomic E-state index is 0.127. The summed E-state index contributed by atoms with van der Waals surface area (Å²) in [6, 6.07) is 0. The molecule has 12 nitrogen and oxygen atoms in total. The van der Waals surface area contributed by atoms with Gasteiger partial charge < -0.3 is 30.7 Å². The summed E-state index contributed by atoms with van der Waals surface area (Å²) in [7, 11) is 0. The summed E-state index contributed by atoms with van der Waals surface area (Å²) in [5, 5.41) is 23.5. The van der Waals surface area contributed by atoms with E-state index in [1.807, 2.05) is 0 Å². The fourth-order valence-corrected chi connectivity index (χ4v) is 4.67. The molecule has 5 N–H and O–H groups in total. The van der Waals surface area contributed by atoms with Crippen LogP contribution < -0.4 is 11.1 Å². The van der Waals surface area contributed by atoms with Gasteiger partial charge in [0.1, 0.15) is 17.7 Å². The highest BCUT2D eigenvalue weighted by Crippen LogP contribution is 2.33. The lowest BCUT2D eigenvalue weighted by molar-refractivity contribution is -0.142. The Morgan fingerprint density at radius 1 is 1.22 bits per heavy atom. The molecule has 4 rings (SSSR count). The van der Waals surface area contributed by atoms with Gasteiger partial charge in [0.25, 0.3) is 5.91 Å². The second-order valence-electron chi connectivity index (χ2n) is 9.27. The molecule has 2 aliphatic rings. The molecule has 0 bridgehead atoms. The van der Waals surface area contributed by atoms with Gasteiger partial charge in [0.2, 0.25) is 5.82 Å². The van der Waals surface area contributed by atoms with E-state index in [0.717, 1.165) is 25.7 Å². The molecule has 1 saturated heterocycles. The second kappa shape index (κ2) is 11.2. The first-order chi connectivity index (χ1) is 17.3.